The quantitative estimate of drug-likeness (QED) is 0.801. The molecule has 0 amide bonds. The van der Waals surface area contributed by atoms with Crippen molar-refractivity contribution in [3.05, 3.63) is 34.9 Å². The molecule has 0 saturated carbocycles. The fraction of sp³-hybridized carbons (Fsp3) is 0.385. The van der Waals surface area contributed by atoms with Gasteiger partial charge in [0.1, 0.15) is 5.92 Å². The van der Waals surface area contributed by atoms with Gasteiger partial charge >= 0.3 is 0 Å². The molecule has 0 aliphatic carbocycles. The van der Waals surface area contributed by atoms with Crippen molar-refractivity contribution in [2.45, 2.75) is 26.2 Å². The Morgan fingerprint density at radius 2 is 2.19 bits per heavy atom. The van der Waals surface area contributed by atoms with Crippen molar-refractivity contribution in [1.82, 2.24) is 0 Å². The van der Waals surface area contributed by atoms with E-state index in [2.05, 4.69) is 0 Å². The monoisotopic (exact) mass is 235 g/mol. The molecule has 0 heterocycles. The van der Waals surface area contributed by atoms with Crippen LogP contribution in [0, 0.1) is 17.2 Å². The Bertz CT molecular complexity index is 420. The maximum Gasteiger partial charge on any atom is 0.154 e. The Morgan fingerprint density at radius 3 is 2.69 bits per heavy atom. The van der Waals surface area contributed by atoms with Crippen LogP contribution in [0.3, 0.4) is 0 Å². The lowest BCUT2D eigenvalue weighted by Gasteiger charge is -2.10. The van der Waals surface area contributed by atoms with Gasteiger partial charge in [-0.15, -0.1) is 0 Å². The molecule has 0 aromatic heterocycles. The van der Waals surface area contributed by atoms with Crippen molar-refractivity contribution in [2.24, 2.45) is 5.92 Å². The Hall–Kier alpha value is -1.33. The summed E-state index contributed by atoms with van der Waals surface area (Å²) in [7, 11) is 0. The van der Waals surface area contributed by atoms with Crippen molar-refractivity contribution in [1.29, 1.82) is 5.26 Å². The molecule has 1 atom stereocenters. The van der Waals surface area contributed by atoms with E-state index in [1.54, 1.807) is 24.3 Å². The summed E-state index contributed by atoms with van der Waals surface area (Å²) in [5.74, 6) is -0.469. The zero-order chi connectivity index (χ0) is 12.1. The molecular weight excluding hydrogens is 222 g/mol. The fourth-order valence-corrected chi connectivity index (χ4v) is 1.74. The van der Waals surface area contributed by atoms with Crippen LogP contribution in [0.1, 0.15) is 31.7 Å². The van der Waals surface area contributed by atoms with Crippen LogP contribution >= 0.6 is 11.6 Å². The van der Waals surface area contributed by atoms with Crippen molar-refractivity contribution in [3.63, 3.8) is 0 Å². The maximum atomic E-state index is 11.8. The number of halogens is 1. The molecule has 0 aliphatic rings. The van der Waals surface area contributed by atoms with E-state index in [-0.39, 0.29) is 11.7 Å². The van der Waals surface area contributed by atoms with E-state index in [4.69, 9.17) is 16.9 Å². The first kappa shape index (κ1) is 12.7. The van der Waals surface area contributed by atoms with Crippen LogP contribution in [0.2, 0.25) is 5.02 Å². The largest absolute Gasteiger partial charge is 0.298 e. The van der Waals surface area contributed by atoms with Crippen molar-refractivity contribution in [2.75, 3.05) is 0 Å². The van der Waals surface area contributed by atoms with Crippen molar-refractivity contribution >= 4 is 17.4 Å². The van der Waals surface area contributed by atoms with Gasteiger partial charge < -0.3 is 0 Å². The van der Waals surface area contributed by atoms with Crippen molar-refractivity contribution < 1.29 is 4.79 Å². The van der Waals surface area contributed by atoms with Crippen LogP contribution in [0.4, 0.5) is 0 Å². The van der Waals surface area contributed by atoms with E-state index >= 15 is 0 Å². The molecule has 0 bridgehead atoms. The number of rotatable bonds is 4. The number of hydrogen-bond acceptors (Lipinski definition) is 2. The van der Waals surface area contributed by atoms with Crippen LogP contribution in [0.5, 0.6) is 0 Å². The molecule has 0 saturated heterocycles. The molecule has 1 rings (SSSR count). The number of carbonyl (C=O) groups excluding carboxylic acids is 1. The van der Waals surface area contributed by atoms with Gasteiger partial charge in [-0.05, 0) is 23.6 Å². The van der Waals surface area contributed by atoms with Crippen LogP contribution in [-0.2, 0) is 4.79 Å². The molecular formula is C13H14ClNO. The Balaban J connectivity index is 2.91. The second-order valence-corrected chi connectivity index (χ2v) is 4.62. The minimum atomic E-state index is -0.693. The molecule has 0 fully saturated rings. The predicted molar refractivity (Wildman–Crippen MR) is 64.3 cm³/mol. The summed E-state index contributed by atoms with van der Waals surface area (Å²) in [5, 5.41) is 9.59. The molecule has 84 valence electrons. The highest BCUT2D eigenvalue weighted by Gasteiger charge is 2.20. The number of benzene rings is 1. The summed E-state index contributed by atoms with van der Waals surface area (Å²) in [4.78, 5) is 11.8. The third-order valence-corrected chi connectivity index (χ3v) is 2.48. The van der Waals surface area contributed by atoms with E-state index < -0.39 is 5.92 Å². The summed E-state index contributed by atoms with van der Waals surface area (Å²) in [5.41, 5.74) is 0.681. The molecule has 16 heavy (non-hydrogen) atoms. The highest BCUT2D eigenvalue weighted by Crippen LogP contribution is 2.22. The molecule has 1 unspecified atom stereocenters. The Labute approximate surface area is 101 Å². The topological polar surface area (TPSA) is 40.9 Å². The van der Waals surface area contributed by atoms with Crippen molar-refractivity contribution in [3.8, 4) is 6.07 Å². The molecule has 1 aromatic rings. The molecule has 2 nitrogen and oxygen atoms in total. The average molecular weight is 236 g/mol. The smallest absolute Gasteiger partial charge is 0.154 e. The van der Waals surface area contributed by atoms with Gasteiger partial charge in [0, 0.05) is 11.4 Å². The first-order chi connectivity index (χ1) is 7.54. The minimum Gasteiger partial charge on any atom is -0.298 e. The van der Waals surface area contributed by atoms with E-state index in [1.807, 2.05) is 19.9 Å². The lowest BCUT2D eigenvalue weighted by atomic mass is 9.91. The van der Waals surface area contributed by atoms with Gasteiger partial charge in [0.05, 0.1) is 6.07 Å². The summed E-state index contributed by atoms with van der Waals surface area (Å²) < 4.78 is 0. The van der Waals surface area contributed by atoms with E-state index in [0.717, 1.165) is 0 Å². The van der Waals surface area contributed by atoms with Crippen LogP contribution in [0.25, 0.3) is 0 Å². The van der Waals surface area contributed by atoms with E-state index in [1.165, 1.54) is 0 Å². The second-order valence-electron chi connectivity index (χ2n) is 4.18. The number of Topliss-reactive ketones (excluding diaryl/α,β-unsaturated/α-hetero) is 1. The molecule has 0 N–H and O–H groups in total. The van der Waals surface area contributed by atoms with Gasteiger partial charge in [-0.2, -0.15) is 5.26 Å². The summed E-state index contributed by atoms with van der Waals surface area (Å²) >= 11 is 5.84. The predicted octanol–water partition coefficient (Wildman–Crippen LogP) is 3.56. The number of ketones is 1. The van der Waals surface area contributed by atoms with E-state index in [9.17, 15) is 4.79 Å². The molecule has 3 heteroatoms. The highest BCUT2D eigenvalue weighted by molar-refractivity contribution is 6.30. The Morgan fingerprint density at radius 1 is 1.50 bits per heavy atom. The van der Waals surface area contributed by atoms with Gasteiger partial charge in [0.2, 0.25) is 0 Å². The minimum absolute atomic E-state index is 0.0419. The zero-order valence-corrected chi connectivity index (χ0v) is 10.2. The van der Waals surface area contributed by atoms with Gasteiger partial charge in [-0.1, -0.05) is 37.6 Å². The first-order valence-electron chi connectivity index (χ1n) is 5.22. The number of hydrogen-bond donors (Lipinski definition) is 0. The molecule has 0 radical (unpaired) electrons. The first-order valence-corrected chi connectivity index (χ1v) is 5.60. The highest BCUT2D eigenvalue weighted by atomic mass is 35.5. The number of nitriles is 1. The van der Waals surface area contributed by atoms with Crippen LogP contribution in [0.15, 0.2) is 24.3 Å². The average Bonchev–Trinajstić information content (AvgIpc) is 2.17. The summed E-state index contributed by atoms with van der Waals surface area (Å²) in [6.07, 6.45) is 0.421. The second kappa shape index (κ2) is 5.67. The third kappa shape index (κ3) is 3.36. The zero-order valence-electron chi connectivity index (χ0n) is 9.40. The Kier molecular flexibility index (Phi) is 4.52. The summed E-state index contributed by atoms with van der Waals surface area (Å²) in [6, 6.07) is 8.96. The van der Waals surface area contributed by atoms with E-state index in [0.29, 0.717) is 17.0 Å². The van der Waals surface area contributed by atoms with Crippen LogP contribution < -0.4 is 0 Å². The normalized spacial score (nSPS) is 12.2. The SMILES string of the molecule is CC(C)CC(=O)C(C#N)c1cccc(Cl)c1. The third-order valence-electron chi connectivity index (χ3n) is 2.24. The maximum absolute atomic E-state index is 11.8. The number of carbonyl (C=O) groups is 1. The standard InChI is InChI=1S/C13H14ClNO/c1-9(2)6-13(16)12(8-15)10-4-3-5-11(14)7-10/h3-5,7,9,12H,6H2,1-2H3. The van der Waals surface area contributed by atoms with Gasteiger partial charge in [0.15, 0.2) is 5.78 Å². The van der Waals surface area contributed by atoms with Crippen LogP contribution in [-0.4, -0.2) is 5.78 Å². The number of nitrogens with zero attached hydrogens (tertiary/aromatic N) is 1. The molecule has 0 spiro atoms. The lowest BCUT2D eigenvalue weighted by molar-refractivity contribution is -0.120. The fourth-order valence-electron chi connectivity index (χ4n) is 1.54. The lowest BCUT2D eigenvalue weighted by Crippen LogP contribution is -2.13. The van der Waals surface area contributed by atoms with Gasteiger partial charge in [-0.25, -0.2) is 0 Å². The summed E-state index contributed by atoms with van der Waals surface area (Å²) in [6.45, 7) is 3.93. The molecule has 1 aromatic carbocycles. The van der Waals surface area contributed by atoms with Gasteiger partial charge in [-0.3, -0.25) is 4.79 Å². The van der Waals surface area contributed by atoms with Gasteiger partial charge in [0.25, 0.3) is 0 Å². The molecule has 0 aliphatic heterocycles.